The molecule has 0 aliphatic rings. The maximum Gasteiger partial charge on any atom is 0.270 e. The quantitative estimate of drug-likeness (QED) is 0.619. The second-order valence-corrected chi connectivity index (χ2v) is 5.67. The number of nitro groups is 1. The highest BCUT2D eigenvalue weighted by atomic mass is 35.5. The molecule has 0 heterocycles. The number of aliphatic hydroxyl groups is 1. The zero-order chi connectivity index (χ0) is 13.9. The van der Waals surface area contributed by atoms with Gasteiger partial charge in [-0.2, -0.15) is 0 Å². The van der Waals surface area contributed by atoms with Gasteiger partial charge in [0.2, 0.25) is 10.0 Å². The third-order valence-corrected chi connectivity index (χ3v) is 4.12. The molecular formula is C9H11ClN2O5S. The molecule has 0 saturated heterocycles. The van der Waals surface area contributed by atoms with Crippen LogP contribution < -0.4 is 4.72 Å². The Morgan fingerprint density at radius 1 is 1.56 bits per heavy atom. The van der Waals surface area contributed by atoms with Gasteiger partial charge in [0.25, 0.3) is 5.69 Å². The minimum Gasteiger partial charge on any atom is -0.395 e. The van der Waals surface area contributed by atoms with Gasteiger partial charge in [0.15, 0.2) is 0 Å². The van der Waals surface area contributed by atoms with Crippen molar-refractivity contribution in [2.75, 3.05) is 6.61 Å². The van der Waals surface area contributed by atoms with E-state index in [0.29, 0.717) is 0 Å². The molecule has 7 nitrogen and oxygen atoms in total. The molecule has 0 unspecified atom stereocenters. The van der Waals surface area contributed by atoms with Crippen LogP contribution in [-0.4, -0.2) is 31.1 Å². The average molecular weight is 295 g/mol. The summed E-state index contributed by atoms with van der Waals surface area (Å²) in [5.74, 6) is 0. The Hall–Kier alpha value is -1.22. The molecule has 2 N–H and O–H groups in total. The lowest BCUT2D eigenvalue weighted by Gasteiger charge is -2.12. The molecule has 100 valence electrons. The van der Waals surface area contributed by atoms with Gasteiger partial charge in [-0.05, 0) is 13.0 Å². The molecule has 0 radical (unpaired) electrons. The van der Waals surface area contributed by atoms with Crippen molar-refractivity contribution in [2.45, 2.75) is 17.9 Å². The number of nitrogens with one attached hydrogen (secondary N) is 1. The first-order chi connectivity index (χ1) is 8.27. The zero-order valence-electron chi connectivity index (χ0n) is 9.33. The SMILES string of the molecule is C[C@H](CO)NS(=O)(=O)c1cc([N+](=O)[O-])ccc1Cl. The molecule has 0 spiro atoms. The molecular weight excluding hydrogens is 284 g/mol. The van der Waals surface area contributed by atoms with Crippen molar-refractivity contribution in [2.24, 2.45) is 0 Å². The number of sulfonamides is 1. The summed E-state index contributed by atoms with van der Waals surface area (Å²) in [5, 5.41) is 19.2. The summed E-state index contributed by atoms with van der Waals surface area (Å²) in [6.45, 7) is 1.05. The van der Waals surface area contributed by atoms with Gasteiger partial charge in [0.05, 0.1) is 16.6 Å². The molecule has 18 heavy (non-hydrogen) atoms. The Kier molecular flexibility index (Phi) is 4.63. The van der Waals surface area contributed by atoms with Crippen molar-refractivity contribution in [1.29, 1.82) is 0 Å². The summed E-state index contributed by atoms with van der Waals surface area (Å²) in [5.41, 5.74) is -0.378. The van der Waals surface area contributed by atoms with Crippen LogP contribution in [0.3, 0.4) is 0 Å². The first-order valence-corrected chi connectivity index (χ1v) is 6.71. The number of rotatable bonds is 5. The van der Waals surface area contributed by atoms with Gasteiger partial charge in [0, 0.05) is 18.2 Å². The Balaban J connectivity index is 3.23. The predicted molar refractivity (Wildman–Crippen MR) is 65.0 cm³/mol. The van der Waals surface area contributed by atoms with E-state index in [1.165, 1.54) is 6.92 Å². The third-order valence-electron chi connectivity index (χ3n) is 2.05. The summed E-state index contributed by atoms with van der Waals surface area (Å²) < 4.78 is 25.9. The first kappa shape index (κ1) is 14.8. The van der Waals surface area contributed by atoms with Crippen LogP contribution in [0.5, 0.6) is 0 Å². The largest absolute Gasteiger partial charge is 0.395 e. The van der Waals surface area contributed by atoms with Crippen molar-refractivity contribution < 1.29 is 18.4 Å². The number of halogens is 1. The Morgan fingerprint density at radius 3 is 2.67 bits per heavy atom. The molecule has 0 saturated carbocycles. The van der Waals surface area contributed by atoms with Crippen LogP contribution >= 0.6 is 11.6 Å². The average Bonchev–Trinajstić information content (AvgIpc) is 2.28. The fourth-order valence-electron chi connectivity index (χ4n) is 1.18. The number of hydrogen-bond donors (Lipinski definition) is 2. The summed E-state index contributed by atoms with van der Waals surface area (Å²) in [6.07, 6.45) is 0. The van der Waals surface area contributed by atoms with Crippen molar-refractivity contribution in [1.82, 2.24) is 4.72 Å². The predicted octanol–water partition coefficient (Wildman–Crippen LogP) is 0.907. The summed E-state index contributed by atoms with van der Waals surface area (Å²) in [7, 11) is -4.00. The molecule has 1 rings (SSSR count). The van der Waals surface area contributed by atoms with Gasteiger partial charge in [0.1, 0.15) is 4.90 Å². The zero-order valence-corrected chi connectivity index (χ0v) is 10.9. The second-order valence-electron chi connectivity index (χ2n) is 3.58. The van der Waals surface area contributed by atoms with Gasteiger partial charge >= 0.3 is 0 Å². The van der Waals surface area contributed by atoms with E-state index in [9.17, 15) is 18.5 Å². The monoisotopic (exact) mass is 294 g/mol. The van der Waals surface area contributed by atoms with E-state index >= 15 is 0 Å². The highest BCUT2D eigenvalue weighted by Crippen LogP contribution is 2.26. The number of hydrogen-bond acceptors (Lipinski definition) is 5. The van der Waals surface area contributed by atoms with E-state index in [1.807, 2.05) is 0 Å². The Labute approximate surface area is 109 Å². The molecule has 0 bridgehead atoms. The van der Waals surface area contributed by atoms with Crippen molar-refractivity contribution >= 4 is 27.3 Å². The number of nitro benzene ring substituents is 1. The normalized spacial score (nSPS) is 13.3. The molecule has 0 fully saturated rings. The lowest BCUT2D eigenvalue weighted by molar-refractivity contribution is -0.385. The fourth-order valence-corrected chi connectivity index (χ4v) is 2.93. The molecule has 0 aliphatic heterocycles. The maximum absolute atomic E-state index is 11.9. The van der Waals surface area contributed by atoms with Crippen LogP contribution in [0.1, 0.15) is 6.92 Å². The van der Waals surface area contributed by atoms with E-state index in [1.54, 1.807) is 0 Å². The van der Waals surface area contributed by atoms with E-state index in [2.05, 4.69) is 4.72 Å². The van der Waals surface area contributed by atoms with Gasteiger partial charge in [-0.3, -0.25) is 10.1 Å². The maximum atomic E-state index is 11.9. The second kappa shape index (κ2) is 5.61. The Bertz CT molecular complexity index is 560. The van der Waals surface area contributed by atoms with Gasteiger partial charge < -0.3 is 5.11 Å². The summed E-state index contributed by atoms with van der Waals surface area (Å²) >= 11 is 5.71. The van der Waals surface area contributed by atoms with E-state index in [4.69, 9.17) is 16.7 Å². The van der Waals surface area contributed by atoms with Gasteiger partial charge in [-0.15, -0.1) is 0 Å². The van der Waals surface area contributed by atoms with Crippen molar-refractivity contribution in [3.63, 3.8) is 0 Å². The molecule has 1 aromatic rings. The summed E-state index contributed by atoms with van der Waals surface area (Å²) in [6, 6.07) is 2.40. The molecule has 1 atom stereocenters. The smallest absolute Gasteiger partial charge is 0.270 e. The summed E-state index contributed by atoms with van der Waals surface area (Å²) in [4.78, 5) is 9.47. The van der Waals surface area contributed by atoms with Crippen molar-refractivity contribution in [3.8, 4) is 0 Å². The van der Waals surface area contributed by atoms with Crippen LogP contribution in [0, 0.1) is 10.1 Å². The minimum atomic E-state index is -4.00. The third kappa shape index (κ3) is 3.39. The molecule has 0 aromatic heterocycles. The molecule has 0 aliphatic carbocycles. The Morgan fingerprint density at radius 2 is 2.17 bits per heavy atom. The van der Waals surface area contributed by atoms with Crippen LogP contribution in [0.2, 0.25) is 5.02 Å². The molecule has 9 heteroatoms. The number of aliphatic hydroxyl groups excluding tert-OH is 1. The lowest BCUT2D eigenvalue weighted by atomic mass is 10.3. The van der Waals surface area contributed by atoms with Gasteiger partial charge in [-0.25, -0.2) is 13.1 Å². The van der Waals surface area contributed by atoms with Crippen LogP contribution in [-0.2, 0) is 10.0 Å². The number of nitrogens with zero attached hydrogens (tertiary/aromatic N) is 1. The highest BCUT2D eigenvalue weighted by Gasteiger charge is 2.23. The van der Waals surface area contributed by atoms with Crippen molar-refractivity contribution in [3.05, 3.63) is 33.3 Å². The molecule has 1 aromatic carbocycles. The number of non-ortho nitro benzene ring substituents is 1. The van der Waals surface area contributed by atoms with Crippen LogP contribution in [0.4, 0.5) is 5.69 Å². The minimum absolute atomic E-state index is 0.127. The van der Waals surface area contributed by atoms with Crippen LogP contribution in [0.15, 0.2) is 23.1 Å². The van der Waals surface area contributed by atoms with Gasteiger partial charge in [-0.1, -0.05) is 11.6 Å². The van der Waals surface area contributed by atoms with E-state index in [-0.39, 0.29) is 10.7 Å². The van der Waals surface area contributed by atoms with Crippen LogP contribution in [0.25, 0.3) is 0 Å². The first-order valence-electron chi connectivity index (χ1n) is 4.85. The van der Waals surface area contributed by atoms with E-state index < -0.39 is 32.5 Å². The fraction of sp³-hybridized carbons (Fsp3) is 0.333. The van der Waals surface area contributed by atoms with E-state index in [0.717, 1.165) is 18.2 Å². The lowest BCUT2D eigenvalue weighted by Crippen LogP contribution is -2.35. The molecule has 0 amide bonds. The number of benzene rings is 1. The highest BCUT2D eigenvalue weighted by molar-refractivity contribution is 7.89. The standard InChI is InChI=1S/C9H11ClN2O5S/c1-6(5-13)11-18(16,17)9-4-7(12(14)15)2-3-8(9)10/h2-4,6,11,13H,5H2,1H3/t6-/m1/s1. The topological polar surface area (TPSA) is 110 Å².